The molecule has 2 aromatic rings. The first-order valence-electron chi connectivity index (χ1n) is 13.4. The van der Waals surface area contributed by atoms with Gasteiger partial charge in [0, 0.05) is 61.8 Å². The third kappa shape index (κ3) is 10.6. The first kappa shape index (κ1) is 32.8. The van der Waals surface area contributed by atoms with E-state index in [1.54, 1.807) is 40.1 Å². The molecule has 2 N–H and O–H groups in total. The maximum Gasteiger partial charge on any atom is 0.260 e. The molecular formula is C28H37ClFN5O4S2. The standard InChI is InChI=1S/C28H37ClFN5O4S2/c1-20-16-33(17-21-2-5-23(30)6-3-21)9-10-35(20)28(38)19-39-25-7-4-22(29)14-24(25)34(11-13-41)18-27(37)32-15-26(36)31-8-12-40/h2-7,14,20,40-41H,8-13,15-19H2,1H3,(H,31,36)(H,32,37)/t20-/m1/s1. The number of hydrogen-bond acceptors (Lipinski definition) is 8. The van der Waals surface area contributed by atoms with Crippen molar-refractivity contribution in [2.24, 2.45) is 0 Å². The second-order valence-electron chi connectivity index (χ2n) is 9.69. The van der Waals surface area contributed by atoms with Gasteiger partial charge in [0.2, 0.25) is 11.8 Å². The Hall–Kier alpha value is -2.67. The zero-order chi connectivity index (χ0) is 29.8. The van der Waals surface area contributed by atoms with Crippen LogP contribution in [0.15, 0.2) is 42.5 Å². The van der Waals surface area contributed by atoms with Crippen LogP contribution in [0.2, 0.25) is 5.02 Å². The maximum atomic E-state index is 13.2. The number of nitrogens with one attached hydrogen (secondary N) is 2. The van der Waals surface area contributed by atoms with Gasteiger partial charge in [-0.1, -0.05) is 23.7 Å². The lowest BCUT2D eigenvalue weighted by Gasteiger charge is -2.40. The van der Waals surface area contributed by atoms with Crippen LogP contribution in [0.1, 0.15) is 12.5 Å². The fourth-order valence-corrected chi connectivity index (χ4v) is 5.07. The summed E-state index contributed by atoms with van der Waals surface area (Å²) in [6.45, 7) is 5.04. The van der Waals surface area contributed by atoms with E-state index in [1.807, 2.05) is 6.92 Å². The summed E-state index contributed by atoms with van der Waals surface area (Å²) < 4.78 is 19.2. The number of piperazine rings is 1. The van der Waals surface area contributed by atoms with E-state index in [4.69, 9.17) is 16.3 Å². The van der Waals surface area contributed by atoms with Crippen molar-refractivity contribution in [1.82, 2.24) is 20.4 Å². The number of carbonyl (C=O) groups excluding carboxylic acids is 3. The third-order valence-corrected chi connectivity index (χ3v) is 7.21. The largest absolute Gasteiger partial charge is 0.482 e. The fourth-order valence-electron chi connectivity index (χ4n) is 4.55. The molecule has 1 aliphatic heterocycles. The summed E-state index contributed by atoms with van der Waals surface area (Å²) in [6, 6.07) is 11.4. The quantitative estimate of drug-likeness (QED) is 0.241. The van der Waals surface area contributed by atoms with Crippen LogP contribution < -0.4 is 20.3 Å². The molecule has 0 unspecified atom stereocenters. The second kappa shape index (κ2) is 16.7. The van der Waals surface area contributed by atoms with Crippen molar-refractivity contribution in [2.45, 2.75) is 19.5 Å². The number of hydrogen-bond donors (Lipinski definition) is 4. The molecule has 0 spiro atoms. The Bertz CT molecular complexity index is 1180. The van der Waals surface area contributed by atoms with Crippen LogP contribution in [0.5, 0.6) is 5.75 Å². The number of amides is 3. The molecular weight excluding hydrogens is 589 g/mol. The SMILES string of the molecule is C[C@@H]1CN(Cc2ccc(F)cc2)CCN1C(=O)COc1ccc(Cl)cc1N(CCS)CC(=O)NCC(=O)NCCS. The van der Waals surface area contributed by atoms with Crippen LogP contribution in [0.4, 0.5) is 10.1 Å². The van der Waals surface area contributed by atoms with Crippen LogP contribution in [0, 0.1) is 5.82 Å². The lowest BCUT2D eigenvalue weighted by atomic mass is 10.1. The number of benzene rings is 2. The zero-order valence-electron chi connectivity index (χ0n) is 23.0. The van der Waals surface area contributed by atoms with Gasteiger partial charge in [0.05, 0.1) is 18.8 Å². The van der Waals surface area contributed by atoms with Gasteiger partial charge in [0.1, 0.15) is 11.6 Å². The van der Waals surface area contributed by atoms with E-state index in [1.165, 1.54) is 12.1 Å². The molecule has 1 aliphatic rings. The molecule has 224 valence electrons. The highest BCUT2D eigenvalue weighted by molar-refractivity contribution is 7.80. The van der Waals surface area contributed by atoms with Crippen molar-refractivity contribution in [3.63, 3.8) is 0 Å². The van der Waals surface area contributed by atoms with E-state index >= 15 is 0 Å². The lowest BCUT2D eigenvalue weighted by Crippen LogP contribution is -2.54. The number of rotatable bonds is 14. The van der Waals surface area contributed by atoms with Gasteiger partial charge in [-0.3, -0.25) is 19.3 Å². The summed E-state index contributed by atoms with van der Waals surface area (Å²) in [4.78, 5) is 43.4. The minimum atomic E-state index is -0.359. The van der Waals surface area contributed by atoms with Crippen LogP contribution in [-0.4, -0.2) is 97.5 Å². The number of nitrogens with zero attached hydrogens (tertiary/aromatic N) is 3. The molecule has 3 rings (SSSR count). The lowest BCUT2D eigenvalue weighted by molar-refractivity contribution is -0.138. The smallest absolute Gasteiger partial charge is 0.260 e. The van der Waals surface area contributed by atoms with Crippen LogP contribution >= 0.6 is 36.9 Å². The van der Waals surface area contributed by atoms with Crippen molar-refractivity contribution in [1.29, 1.82) is 0 Å². The van der Waals surface area contributed by atoms with Crippen molar-refractivity contribution >= 4 is 60.3 Å². The number of anilines is 1. The van der Waals surface area contributed by atoms with E-state index in [2.05, 4.69) is 40.8 Å². The van der Waals surface area contributed by atoms with E-state index in [-0.39, 0.29) is 49.3 Å². The molecule has 0 radical (unpaired) electrons. The van der Waals surface area contributed by atoms with E-state index in [0.717, 1.165) is 5.56 Å². The first-order valence-corrected chi connectivity index (χ1v) is 15.0. The van der Waals surface area contributed by atoms with Gasteiger partial charge in [0.25, 0.3) is 5.91 Å². The Morgan fingerprint density at radius 1 is 1.07 bits per heavy atom. The summed E-state index contributed by atoms with van der Waals surface area (Å²) in [5.74, 6) is 0.286. The predicted molar refractivity (Wildman–Crippen MR) is 166 cm³/mol. The molecule has 13 heteroatoms. The Morgan fingerprint density at radius 2 is 1.83 bits per heavy atom. The summed E-state index contributed by atoms with van der Waals surface area (Å²) in [7, 11) is 0. The van der Waals surface area contributed by atoms with Gasteiger partial charge < -0.3 is 25.2 Å². The topological polar surface area (TPSA) is 94.2 Å². The maximum absolute atomic E-state index is 13.2. The van der Waals surface area contributed by atoms with Crippen LogP contribution in [0.3, 0.4) is 0 Å². The molecule has 2 aromatic carbocycles. The minimum Gasteiger partial charge on any atom is -0.482 e. The first-order chi connectivity index (χ1) is 19.7. The Kier molecular flexibility index (Phi) is 13.4. The average Bonchev–Trinajstić information content (AvgIpc) is 2.95. The molecule has 1 fully saturated rings. The molecule has 0 saturated carbocycles. The van der Waals surface area contributed by atoms with Gasteiger partial charge in [-0.25, -0.2) is 4.39 Å². The summed E-state index contributed by atoms with van der Waals surface area (Å²) in [5.41, 5.74) is 1.57. The van der Waals surface area contributed by atoms with Gasteiger partial charge in [-0.05, 0) is 42.8 Å². The summed E-state index contributed by atoms with van der Waals surface area (Å²) in [5, 5.41) is 5.69. The second-order valence-corrected chi connectivity index (χ2v) is 11.0. The van der Waals surface area contributed by atoms with Gasteiger partial charge in [0.15, 0.2) is 6.61 Å². The number of ether oxygens (including phenoxy) is 1. The minimum absolute atomic E-state index is 0.0284. The number of thiol groups is 2. The summed E-state index contributed by atoms with van der Waals surface area (Å²) >= 11 is 14.6. The molecule has 3 amide bonds. The van der Waals surface area contributed by atoms with Gasteiger partial charge in [-0.15, -0.1) is 0 Å². The normalized spacial score (nSPS) is 15.3. The molecule has 0 bridgehead atoms. The van der Waals surface area contributed by atoms with Crippen molar-refractivity contribution < 1.29 is 23.5 Å². The predicted octanol–water partition coefficient (Wildman–Crippen LogP) is 2.49. The van der Waals surface area contributed by atoms with E-state index in [0.29, 0.717) is 67.2 Å². The van der Waals surface area contributed by atoms with Gasteiger partial charge >= 0.3 is 0 Å². The Morgan fingerprint density at radius 3 is 2.51 bits per heavy atom. The van der Waals surface area contributed by atoms with Crippen LogP contribution in [0.25, 0.3) is 0 Å². The molecule has 1 saturated heterocycles. The van der Waals surface area contributed by atoms with Crippen molar-refractivity contribution in [3.05, 3.63) is 58.9 Å². The molecule has 0 aliphatic carbocycles. The van der Waals surface area contributed by atoms with Crippen LogP contribution in [-0.2, 0) is 20.9 Å². The number of carbonyl (C=O) groups is 3. The average molecular weight is 626 g/mol. The monoisotopic (exact) mass is 625 g/mol. The fraction of sp³-hybridized carbons (Fsp3) is 0.464. The Balaban J connectivity index is 1.58. The highest BCUT2D eigenvalue weighted by Crippen LogP contribution is 2.32. The number of halogens is 2. The highest BCUT2D eigenvalue weighted by Gasteiger charge is 2.28. The zero-order valence-corrected chi connectivity index (χ0v) is 25.6. The van der Waals surface area contributed by atoms with E-state index < -0.39 is 0 Å². The molecule has 1 atom stereocenters. The van der Waals surface area contributed by atoms with Crippen molar-refractivity contribution in [2.75, 3.05) is 68.8 Å². The van der Waals surface area contributed by atoms with E-state index in [9.17, 15) is 18.8 Å². The molecule has 1 heterocycles. The molecule has 41 heavy (non-hydrogen) atoms. The third-order valence-electron chi connectivity index (χ3n) is 6.55. The van der Waals surface area contributed by atoms with Crippen molar-refractivity contribution in [3.8, 4) is 5.75 Å². The van der Waals surface area contributed by atoms with Gasteiger partial charge in [-0.2, -0.15) is 25.3 Å². The highest BCUT2D eigenvalue weighted by atomic mass is 35.5. The Labute approximate surface area is 256 Å². The summed E-state index contributed by atoms with van der Waals surface area (Å²) in [6.07, 6.45) is 0. The molecule has 9 nitrogen and oxygen atoms in total. The molecule has 0 aromatic heterocycles.